The van der Waals surface area contributed by atoms with Gasteiger partial charge < -0.3 is 14.8 Å². The highest BCUT2D eigenvalue weighted by Crippen LogP contribution is 2.18. The van der Waals surface area contributed by atoms with Gasteiger partial charge in [0.1, 0.15) is 6.54 Å². The maximum Gasteiger partial charge on any atom is 0.246 e. The number of fused-ring (bicyclic) bond motifs is 1. The number of likely N-dealkylation sites (N-methyl/N-ethyl adjacent to an activating group) is 1. The number of carbonyl (C=O) groups excluding carboxylic acids is 2. The van der Waals surface area contributed by atoms with Crippen molar-refractivity contribution in [1.29, 1.82) is 0 Å². The van der Waals surface area contributed by atoms with Gasteiger partial charge in [-0.3, -0.25) is 9.59 Å². The van der Waals surface area contributed by atoms with Gasteiger partial charge in [0.05, 0.1) is 0 Å². The number of carbonyl (C=O) groups is 2. The topological polar surface area (TPSA) is 56.4 Å². The molecule has 0 atom stereocenters. The minimum absolute atomic E-state index is 0.0725. The number of benzene rings is 2. The Labute approximate surface area is 153 Å². The molecule has 134 valence electrons. The predicted molar refractivity (Wildman–Crippen MR) is 104 cm³/mol. The number of para-hydroxylation sites is 2. The lowest BCUT2D eigenvalue weighted by molar-refractivity contribution is -0.133. The van der Waals surface area contributed by atoms with Gasteiger partial charge in [0.2, 0.25) is 11.8 Å². The Bertz CT molecular complexity index is 902. The first-order valence-corrected chi connectivity index (χ1v) is 8.68. The average Bonchev–Trinajstić information content (AvgIpc) is 3.08. The number of anilines is 1. The summed E-state index contributed by atoms with van der Waals surface area (Å²) in [5.41, 5.74) is 3.05. The fraction of sp³-hybridized carbons (Fsp3) is 0.238. The van der Waals surface area contributed by atoms with E-state index in [0.29, 0.717) is 13.0 Å². The standard InChI is InChI=1S/C21H23N3O2/c1-16(25)24(15-21(26)23(2)18-8-4-3-5-9-18)13-12-17-14-22-20-11-7-6-10-19(17)20/h3-11,14,22H,12-13,15H2,1-2H3. The monoisotopic (exact) mass is 349 g/mol. The molecule has 0 spiro atoms. The molecule has 1 N–H and O–H groups in total. The molecule has 0 radical (unpaired) electrons. The first kappa shape index (κ1) is 17.7. The van der Waals surface area contributed by atoms with E-state index in [0.717, 1.165) is 22.2 Å². The quantitative estimate of drug-likeness (QED) is 0.743. The number of nitrogens with one attached hydrogen (secondary N) is 1. The van der Waals surface area contributed by atoms with Crippen LogP contribution in [-0.2, 0) is 16.0 Å². The fourth-order valence-electron chi connectivity index (χ4n) is 3.01. The predicted octanol–water partition coefficient (Wildman–Crippen LogP) is 3.22. The highest BCUT2D eigenvalue weighted by Gasteiger charge is 2.18. The van der Waals surface area contributed by atoms with Crippen LogP contribution in [0.4, 0.5) is 5.69 Å². The van der Waals surface area contributed by atoms with Crippen molar-refractivity contribution >= 4 is 28.4 Å². The van der Waals surface area contributed by atoms with E-state index in [1.807, 2.05) is 54.7 Å². The molecule has 0 fully saturated rings. The highest BCUT2D eigenvalue weighted by atomic mass is 16.2. The van der Waals surface area contributed by atoms with Gasteiger partial charge in [0.25, 0.3) is 0 Å². The maximum atomic E-state index is 12.6. The van der Waals surface area contributed by atoms with Gasteiger partial charge in [-0.25, -0.2) is 0 Å². The van der Waals surface area contributed by atoms with Crippen molar-refractivity contribution in [2.45, 2.75) is 13.3 Å². The molecule has 1 heterocycles. The molecule has 2 amide bonds. The van der Waals surface area contributed by atoms with Gasteiger partial charge in [-0.15, -0.1) is 0 Å². The lowest BCUT2D eigenvalue weighted by Crippen LogP contribution is -2.41. The molecule has 1 aromatic heterocycles. The number of hydrogen-bond acceptors (Lipinski definition) is 2. The summed E-state index contributed by atoms with van der Waals surface area (Å²) in [6, 6.07) is 17.5. The number of rotatable bonds is 6. The average molecular weight is 349 g/mol. The zero-order valence-electron chi connectivity index (χ0n) is 15.1. The molecule has 0 aliphatic heterocycles. The smallest absolute Gasteiger partial charge is 0.246 e. The van der Waals surface area contributed by atoms with Gasteiger partial charge in [-0.1, -0.05) is 36.4 Å². The van der Waals surface area contributed by atoms with Gasteiger partial charge in [0, 0.05) is 43.3 Å². The summed E-state index contributed by atoms with van der Waals surface area (Å²) in [5.74, 6) is -0.204. The van der Waals surface area contributed by atoms with E-state index >= 15 is 0 Å². The summed E-state index contributed by atoms with van der Waals surface area (Å²) in [5, 5.41) is 1.16. The first-order chi connectivity index (χ1) is 12.6. The number of nitrogens with zero attached hydrogens (tertiary/aromatic N) is 2. The molecule has 0 bridgehead atoms. The van der Waals surface area contributed by atoms with Gasteiger partial charge in [0.15, 0.2) is 0 Å². The molecule has 3 rings (SSSR count). The molecular formula is C21H23N3O2. The molecule has 5 nitrogen and oxygen atoms in total. The van der Waals surface area contributed by atoms with Crippen LogP contribution in [-0.4, -0.2) is 41.8 Å². The van der Waals surface area contributed by atoms with Gasteiger partial charge >= 0.3 is 0 Å². The molecule has 0 aliphatic rings. The van der Waals surface area contributed by atoms with Crippen molar-refractivity contribution in [2.75, 3.05) is 25.0 Å². The van der Waals surface area contributed by atoms with E-state index in [1.54, 1.807) is 16.8 Å². The van der Waals surface area contributed by atoms with Crippen LogP contribution in [0, 0.1) is 0 Å². The second kappa shape index (κ2) is 7.87. The van der Waals surface area contributed by atoms with E-state index in [4.69, 9.17) is 0 Å². The summed E-state index contributed by atoms with van der Waals surface area (Å²) in [6.45, 7) is 2.08. The summed E-state index contributed by atoms with van der Waals surface area (Å²) in [7, 11) is 1.73. The van der Waals surface area contributed by atoms with E-state index in [2.05, 4.69) is 11.1 Å². The van der Waals surface area contributed by atoms with Crippen molar-refractivity contribution < 1.29 is 9.59 Å². The second-order valence-corrected chi connectivity index (χ2v) is 6.34. The Balaban J connectivity index is 1.66. The van der Waals surface area contributed by atoms with Crippen LogP contribution in [0.3, 0.4) is 0 Å². The van der Waals surface area contributed by atoms with E-state index in [9.17, 15) is 9.59 Å². The van der Waals surface area contributed by atoms with Crippen LogP contribution in [0.25, 0.3) is 10.9 Å². The van der Waals surface area contributed by atoms with E-state index < -0.39 is 0 Å². The largest absolute Gasteiger partial charge is 0.361 e. The normalized spacial score (nSPS) is 10.7. The zero-order valence-corrected chi connectivity index (χ0v) is 15.1. The Kier molecular flexibility index (Phi) is 5.37. The van der Waals surface area contributed by atoms with Crippen LogP contribution >= 0.6 is 0 Å². The van der Waals surface area contributed by atoms with Crippen molar-refractivity contribution in [2.24, 2.45) is 0 Å². The molecule has 0 aliphatic carbocycles. The summed E-state index contributed by atoms with van der Waals surface area (Å²) < 4.78 is 0. The minimum Gasteiger partial charge on any atom is -0.361 e. The van der Waals surface area contributed by atoms with Crippen LogP contribution in [0.5, 0.6) is 0 Å². The Morgan fingerprint density at radius 1 is 1.00 bits per heavy atom. The number of amides is 2. The molecule has 26 heavy (non-hydrogen) atoms. The zero-order chi connectivity index (χ0) is 18.5. The Morgan fingerprint density at radius 2 is 1.69 bits per heavy atom. The fourth-order valence-corrected chi connectivity index (χ4v) is 3.01. The molecule has 0 unspecified atom stereocenters. The van der Waals surface area contributed by atoms with Crippen molar-refractivity contribution in [3.8, 4) is 0 Å². The minimum atomic E-state index is -0.106. The number of hydrogen-bond donors (Lipinski definition) is 1. The summed E-state index contributed by atoms with van der Waals surface area (Å²) >= 11 is 0. The Morgan fingerprint density at radius 3 is 2.42 bits per heavy atom. The van der Waals surface area contributed by atoms with Crippen molar-refractivity contribution in [3.05, 3.63) is 66.4 Å². The van der Waals surface area contributed by atoms with E-state index in [1.165, 1.54) is 6.92 Å². The third-order valence-electron chi connectivity index (χ3n) is 4.62. The Hall–Kier alpha value is -3.08. The third-order valence-corrected chi connectivity index (χ3v) is 4.62. The lowest BCUT2D eigenvalue weighted by atomic mass is 10.1. The lowest BCUT2D eigenvalue weighted by Gasteiger charge is -2.24. The van der Waals surface area contributed by atoms with E-state index in [-0.39, 0.29) is 18.4 Å². The van der Waals surface area contributed by atoms with Crippen LogP contribution in [0.2, 0.25) is 0 Å². The maximum absolute atomic E-state index is 12.6. The van der Waals surface area contributed by atoms with Crippen molar-refractivity contribution in [1.82, 2.24) is 9.88 Å². The van der Waals surface area contributed by atoms with Crippen LogP contribution in [0.15, 0.2) is 60.8 Å². The number of aromatic nitrogens is 1. The van der Waals surface area contributed by atoms with Crippen LogP contribution < -0.4 is 4.90 Å². The SMILES string of the molecule is CC(=O)N(CCc1c[nH]c2ccccc12)CC(=O)N(C)c1ccccc1. The van der Waals surface area contributed by atoms with Gasteiger partial charge in [-0.05, 0) is 30.2 Å². The third kappa shape index (κ3) is 3.94. The van der Waals surface area contributed by atoms with Crippen LogP contribution in [0.1, 0.15) is 12.5 Å². The summed E-state index contributed by atoms with van der Waals surface area (Å²) in [4.78, 5) is 31.0. The molecular weight excluding hydrogens is 326 g/mol. The number of aromatic amines is 1. The molecule has 0 saturated carbocycles. The molecule has 0 saturated heterocycles. The first-order valence-electron chi connectivity index (χ1n) is 8.68. The summed E-state index contributed by atoms with van der Waals surface area (Å²) in [6.07, 6.45) is 2.67. The van der Waals surface area contributed by atoms with Crippen molar-refractivity contribution in [3.63, 3.8) is 0 Å². The molecule has 5 heteroatoms. The number of H-pyrrole nitrogens is 1. The second-order valence-electron chi connectivity index (χ2n) is 6.34. The highest BCUT2D eigenvalue weighted by molar-refractivity contribution is 5.96. The molecule has 2 aromatic carbocycles. The molecule has 3 aromatic rings. The van der Waals surface area contributed by atoms with Gasteiger partial charge in [-0.2, -0.15) is 0 Å².